The fourth-order valence-electron chi connectivity index (χ4n) is 7.44. The number of fused-ring (bicyclic) bond motifs is 1. The topological polar surface area (TPSA) is 34.2 Å². The number of hydrogen-bond donors (Lipinski definition) is 0. The molecule has 1 saturated carbocycles. The third kappa shape index (κ3) is 6.78. The van der Waals surface area contributed by atoms with E-state index in [0.29, 0.717) is 12.1 Å². The van der Waals surface area contributed by atoms with E-state index in [4.69, 9.17) is 14.2 Å². The monoisotopic (exact) mass is 610 g/mol. The Morgan fingerprint density at radius 3 is 2.25 bits per heavy atom. The van der Waals surface area contributed by atoms with E-state index >= 15 is 0 Å². The molecule has 3 aliphatic rings. The summed E-state index contributed by atoms with van der Waals surface area (Å²) in [5.74, 6) is 2.84. The summed E-state index contributed by atoms with van der Waals surface area (Å²) in [7, 11) is 1.74. The number of thiophene rings is 1. The van der Waals surface area contributed by atoms with Crippen molar-refractivity contribution in [2.75, 3.05) is 46.4 Å². The molecule has 0 spiro atoms. The minimum atomic E-state index is 0.313. The van der Waals surface area contributed by atoms with Crippen molar-refractivity contribution in [3.05, 3.63) is 77.9 Å². The van der Waals surface area contributed by atoms with Crippen LogP contribution in [0, 0.1) is 0 Å². The number of ether oxygens (including phenoxy) is 3. The van der Waals surface area contributed by atoms with Gasteiger partial charge in [-0.25, -0.2) is 0 Å². The van der Waals surface area contributed by atoms with Crippen LogP contribution in [-0.4, -0.2) is 68.4 Å². The van der Waals surface area contributed by atoms with Crippen LogP contribution in [0.15, 0.2) is 66.7 Å². The van der Waals surface area contributed by atoms with Gasteiger partial charge in [-0.05, 0) is 154 Å². The Morgan fingerprint density at radius 1 is 0.750 bits per heavy atom. The Bertz CT molecular complexity index is 1500. The number of benzene rings is 3. The fourth-order valence-corrected chi connectivity index (χ4v) is 8.70. The lowest BCUT2D eigenvalue weighted by atomic mass is 9.98. The number of nitrogens with zero attached hydrogens (tertiary/aromatic N) is 2. The van der Waals surface area contributed by atoms with Crippen molar-refractivity contribution in [2.24, 2.45) is 0 Å². The van der Waals surface area contributed by atoms with E-state index in [0.717, 1.165) is 36.8 Å². The van der Waals surface area contributed by atoms with E-state index in [1.54, 1.807) is 7.11 Å². The van der Waals surface area contributed by atoms with E-state index in [-0.39, 0.29) is 0 Å². The highest BCUT2D eigenvalue weighted by Crippen LogP contribution is 2.42. The van der Waals surface area contributed by atoms with E-state index in [2.05, 4.69) is 76.5 Å². The van der Waals surface area contributed by atoms with Gasteiger partial charge in [0.05, 0.1) is 7.11 Å². The average Bonchev–Trinajstić information content (AvgIpc) is 3.84. The van der Waals surface area contributed by atoms with Crippen molar-refractivity contribution in [3.8, 4) is 27.7 Å². The van der Waals surface area contributed by atoms with Gasteiger partial charge in [0, 0.05) is 22.2 Å². The molecule has 1 aliphatic carbocycles. The van der Waals surface area contributed by atoms with Crippen LogP contribution in [0.5, 0.6) is 17.2 Å². The Hall–Kier alpha value is -3.06. The molecule has 5 nitrogen and oxygen atoms in total. The molecular formula is C38H46N2O3S. The van der Waals surface area contributed by atoms with Crippen molar-refractivity contribution in [3.63, 3.8) is 0 Å². The lowest BCUT2D eigenvalue weighted by Crippen LogP contribution is -2.45. The van der Waals surface area contributed by atoms with E-state index in [1.807, 2.05) is 11.3 Å². The molecule has 0 N–H and O–H groups in total. The highest BCUT2D eigenvalue weighted by Gasteiger charge is 2.34. The van der Waals surface area contributed by atoms with Crippen LogP contribution in [0.25, 0.3) is 20.5 Å². The molecular weight excluding hydrogens is 564 g/mol. The lowest BCUT2D eigenvalue weighted by Gasteiger charge is -2.35. The minimum absolute atomic E-state index is 0.313. The summed E-state index contributed by atoms with van der Waals surface area (Å²) in [4.78, 5) is 6.50. The number of likely N-dealkylation sites (tertiary alicyclic amines) is 2. The maximum atomic E-state index is 6.62. The second-order valence-corrected chi connectivity index (χ2v) is 13.8. The summed E-state index contributed by atoms with van der Waals surface area (Å²) in [5, 5.41) is 1.30. The molecule has 7 rings (SSSR count). The number of rotatable bonds is 11. The Morgan fingerprint density at radius 2 is 1.48 bits per heavy atom. The fraction of sp³-hybridized carbons (Fsp3) is 0.474. The van der Waals surface area contributed by atoms with Crippen LogP contribution < -0.4 is 14.2 Å². The Kier molecular flexibility index (Phi) is 9.38. The minimum Gasteiger partial charge on any atom is -0.497 e. The van der Waals surface area contributed by atoms with Gasteiger partial charge in [-0.2, -0.15) is 0 Å². The van der Waals surface area contributed by atoms with Crippen molar-refractivity contribution in [2.45, 2.75) is 69.9 Å². The predicted molar refractivity (Wildman–Crippen MR) is 182 cm³/mol. The van der Waals surface area contributed by atoms with Gasteiger partial charge < -0.3 is 14.2 Å². The second kappa shape index (κ2) is 13.9. The summed E-state index contributed by atoms with van der Waals surface area (Å²) in [5.41, 5.74) is 3.90. The molecule has 232 valence electrons. The van der Waals surface area contributed by atoms with Gasteiger partial charge in [-0.1, -0.05) is 18.6 Å². The van der Waals surface area contributed by atoms with Crippen LogP contribution in [0.2, 0.25) is 0 Å². The third-order valence-corrected chi connectivity index (χ3v) is 11.1. The lowest BCUT2D eigenvalue weighted by molar-refractivity contribution is 0.0739. The van der Waals surface area contributed by atoms with Crippen molar-refractivity contribution < 1.29 is 14.2 Å². The smallest absolute Gasteiger partial charge is 0.120 e. The quantitative estimate of drug-likeness (QED) is 0.170. The molecule has 2 aliphatic heterocycles. The molecule has 0 radical (unpaired) electrons. The molecule has 1 aromatic heterocycles. The largest absolute Gasteiger partial charge is 0.497 e. The predicted octanol–water partition coefficient (Wildman–Crippen LogP) is 8.43. The zero-order valence-corrected chi connectivity index (χ0v) is 27.0. The first-order valence-corrected chi connectivity index (χ1v) is 17.6. The maximum Gasteiger partial charge on any atom is 0.120 e. The van der Waals surface area contributed by atoms with E-state index in [9.17, 15) is 0 Å². The van der Waals surface area contributed by atoms with Crippen molar-refractivity contribution in [1.29, 1.82) is 0 Å². The van der Waals surface area contributed by atoms with Gasteiger partial charge in [-0.3, -0.25) is 9.80 Å². The molecule has 3 aromatic carbocycles. The molecule has 3 fully saturated rings. The zero-order chi connectivity index (χ0) is 29.7. The zero-order valence-electron chi connectivity index (χ0n) is 26.1. The summed E-state index contributed by atoms with van der Waals surface area (Å²) in [6, 6.07) is 24.6. The van der Waals surface area contributed by atoms with Crippen LogP contribution >= 0.6 is 11.3 Å². The van der Waals surface area contributed by atoms with Gasteiger partial charge >= 0.3 is 0 Å². The number of methoxy groups -OCH3 is 1. The van der Waals surface area contributed by atoms with Crippen LogP contribution in [0.3, 0.4) is 0 Å². The first-order valence-electron chi connectivity index (χ1n) is 16.8. The SMILES string of the molecule is COc1ccc2c(Cc3ccc(O[C@H]4CCC[C@@H]4N4CCCCC4)cc3)c(-c3ccc(OCCN4CCCC4)cc3)sc2c1. The Labute approximate surface area is 266 Å². The van der Waals surface area contributed by atoms with Crippen molar-refractivity contribution in [1.82, 2.24) is 9.80 Å². The molecule has 0 amide bonds. The summed E-state index contributed by atoms with van der Waals surface area (Å²) >= 11 is 1.85. The molecule has 6 heteroatoms. The normalized spacial score (nSPS) is 21.2. The highest BCUT2D eigenvalue weighted by atomic mass is 32.1. The first kappa shape index (κ1) is 29.6. The van der Waals surface area contributed by atoms with E-state index < -0.39 is 0 Å². The molecule has 3 heterocycles. The van der Waals surface area contributed by atoms with Gasteiger partial charge in [0.25, 0.3) is 0 Å². The van der Waals surface area contributed by atoms with Crippen molar-refractivity contribution >= 4 is 21.4 Å². The van der Waals surface area contributed by atoms with Crippen LogP contribution in [-0.2, 0) is 6.42 Å². The van der Waals surface area contributed by atoms with E-state index in [1.165, 1.54) is 109 Å². The molecule has 0 unspecified atom stereocenters. The summed E-state index contributed by atoms with van der Waals surface area (Å²) in [6.45, 7) is 6.64. The number of hydrogen-bond acceptors (Lipinski definition) is 6. The summed E-state index contributed by atoms with van der Waals surface area (Å²) < 4.78 is 19.5. The standard InChI is InChI=1S/C38H46N2O3S/c1-41-32-18-19-33-34(26-28-10-14-31(15-11-28)43-36-9-7-8-35(36)40-22-3-2-4-23-40)38(44-37(33)27-32)29-12-16-30(17-13-29)42-25-24-39-20-5-6-21-39/h10-19,27,35-36H,2-9,20-26H2,1H3/t35-,36-/m0/s1. The molecule has 44 heavy (non-hydrogen) atoms. The van der Waals surface area contributed by atoms with Gasteiger partial charge in [0.1, 0.15) is 30.0 Å². The Balaban J connectivity index is 1.07. The molecule has 4 aromatic rings. The maximum absolute atomic E-state index is 6.62. The molecule has 2 saturated heterocycles. The third-order valence-electron chi connectivity index (χ3n) is 9.86. The molecule has 2 atom stereocenters. The summed E-state index contributed by atoms with van der Waals surface area (Å²) in [6.07, 6.45) is 11.6. The van der Waals surface area contributed by atoms with Crippen LogP contribution in [0.1, 0.15) is 62.5 Å². The van der Waals surface area contributed by atoms with Crippen LogP contribution in [0.4, 0.5) is 0 Å². The highest BCUT2D eigenvalue weighted by molar-refractivity contribution is 7.22. The second-order valence-electron chi connectivity index (χ2n) is 12.8. The van der Waals surface area contributed by atoms with Gasteiger partial charge in [0.15, 0.2) is 0 Å². The average molecular weight is 611 g/mol. The van der Waals surface area contributed by atoms with Gasteiger partial charge in [0.2, 0.25) is 0 Å². The first-order chi connectivity index (χ1) is 21.7. The number of piperidine rings is 1. The van der Waals surface area contributed by atoms with Gasteiger partial charge in [-0.15, -0.1) is 11.3 Å². The molecule has 0 bridgehead atoms.